The summed E-state index contributed by atoms with van der Waals surface area (Å²) >= 11 is 0. The maximum atomic E-state index is 9.85. The van der Waals surface area contributed by atoms with Gasteiger partial charge in [0.05, 0.1) is 26.0 Å². The van der Waals surface area contributed by atoms with E-state index >= 15 is 0 Å². The van der Waals surface area contributed by atoms with Crippen molar-refractivity contribution in [3.05, 3.63) is 0 Å². The Morgan fingerprint density at radius 3 is 2.32 bits per heavy atom. The molecular formula is C12H25NO6. The lowest BCUT2D eigenvalue weighted by atomic mass is 9.97. The molecule has 19 heavy (non-hydrogen) atoms. The average Bonchev–Trinajstić information content (AvgIpc) is 2.31. The molecule has 0 bridgehead atoms. The summed E-state index contributed by atoms with van der Waals surface area (Å²) in [6.45, 7) is 6.24. The van der Waals surface area contributed by atoms with Gasteiger partial charge in [-0.1, -0.05) is 20.8 Å². The highest BCUT2D eigenvalue weighted by Gasteiger charge is 2.43. The zero-order chi connectivity index (χ0) is 14.6. The Morgan fingerprint density at radius 1 is 1.16 bits per heavy atom. The number of nitrogens with one attached hydrogen (secondary N) is 1. The Bertz CT molecular complexity index is 269. The summed E-state index contributed by atoms with van der Waals surface area (Å²) in [7, 11) is 0. The van der Waals surface area contributed by atoms with Crippen LogP contribution in [0.1, 0.15) is 20.8 Å². The van der Waals surface area contributed by atoms with Crippen molar-refractivity contribution < 1.29 is 29.9 Å². The van der Waals surface area contributed by atoms with Crippen molar-refractivity contribution in [1.29, 1.82) is 0 Å². The highest BCUT2D eigenvalue weighted by molar-refractivity contribution is 4.92. The SMILES string of the molecule is CC(C)(C)COCN[C@@H]1C(O)[C@@H](O)C(CO)O[C@@H]1O. The third-order valence-electron chi connectivity index (χ3n) is 2.86. The van der Waals surface area contributed by atoms with Gasteiger partial charge in [-0.3, -0.25) is 5.32 Å². The molecule has 2 unspecified atom stereocenters. The van der Waals surface area contributed by atoms with Crippen LogP contribution in [-0.4, -0.2) is 71.0 Å². The second-order valence-electron chi connectivity index (χ2n) is 6.01. The van der Waals surface area contributed by atoms with Crippen LogP contribution in [0.5, 0.6) is 0 Å². The molecule has 0 aromatic carbocycles. The summed E-state index contributed by atoms with van der Waals surface area (Å²) in [5.74, 6) is 0. The number of ether oxygens (including phenoxy) is 2. The molecule has 0 saturated carbocycles. The maximum Gasteiger partial charge on any atom is 0.173 e. The van der Waals surface area contributed by atoms with E-state index in [2.05, 4.69) is 5.32 Å². The van der Waals surface area contributed by atoms with Crippen LogP contribution in [0.4, 0.5) is 0 Å². The van der Waals surface area contributed by atoms with Crippen molar-refractivity contribution in [2.75, 3.05) is 19.9 Å². The van der Waals surface area contributed by atoms with Crippen molar-refractivity contribution in [2.45, 2.75) is 51.4 Å². The summed E-state index contributed by atoms with van der Waals surface area (Å²) in [5.41, 5.74) is 0.0173. The molecule has 0 radical (unpaired) electrons. The molecule has 1 heterocycles. The molecule has 1 rings (SSSR count). The second-order valence-corrected chi connectivity index (χ2v) is 6.01. The smallest absolute Gasteiger partial charge is 0.173 e. The molecule has 0 spiro atoms. The van der Waals surface area contributed by atoms with Crippen molar-refractivity contribution >= 4 is 0 Å². The summed E-state index contributed by atoms with van der Waals surface area (Å²) in [6.07, 6.45) is -4.79. The van der Waals surface area contributed by atoms with Gasteiger partial charge >= 0.3 is 0 Å². The first kappa shape index (κ1) is 16.8. The normalized spacial score (nSPS) is 36.5. The fraction of sp³-hybridized carbons (Fsp3) is 1.00. The van der Waals surface area contributed by atoms with Crippen molar-refractivity contribution in [3.8, 4) is 0 Å². The van der Waals surface area contributed by atoms with Crippen LogP contribution < -0.4 is 5.32 Å². The topological polar surface area (TPSA) is 111 Å². The Labute approximate surface area is 113 Å². The summed E-state index contributed by atoms with van der Waals surface area (Å²) < 4.78 is 10.4. The number of hydrogen-bond acceptors (Lipinski definition) is 7. The quantitative estimate of drug-likeness (QED) is 0.304. The van der Waals surface area contributed by atoms with E-state index in [-0.39, 0.29) is 12.1 Å². The van der Waals surface area contributed by atoms with Crippen LogP contribution >= 0.6 is 0 Å². The lowest BCUT2D eigenvalue weighted by Gasteiger charge is -2.40. The van der Waals surface area contributed by atoms with E-state index in [0.29, 0.717) is 6.61 Å². The first-order chi connectivity index (χ1) is 8.76. The van der Waals surface area contributed by atoms with Crippen LogP contribution in [0.2, 0.25) is 0 Å². The summed E-state index contributed by atoms with van der Waals surface area (Å²) in [5, 5.41) is 40.9. The fourth-order valence-electron chi connectivity index (χ4n) is 1.83. The van der Waals surface area contributed by atoms with Crippen molar-refractivity contribution in [1.82, 2.24) is 5.32 Å². The summed E-state index contributed by atoms with van der Waals surface area (Å²) in [6, 6.07) is -0.863. The van der Waals surface area contributed by atoms with E-state index in [1.807, 2.05) is 20.8 Å². The van der Waals surface area contributed by atoms with Crippen LogP contribution in [-0.2, 0) is 9.47 Å². The van der Waals surface area contributed by atoms with E-state index in [4.69, 9.17) is 14.6 Å². The molecule has 0 aliphatic carbocycles. The number of rotatable bonds is 5. The van der Waals surface area contributed by atoms with Crippen molar-refractivity contribution in [2.24, 2.45) is 5.41 Å². The molecule has 1 saturated heterocycles. The van der Waals surface area contributed by atoms with E-state index in [0.717, 1.165) is 0 Å². The molecule has 0 aromatic rings. The minimum Gasteiger partial charge on any atom is -0.394 e. The molecule has 114 valence electrons. The van der Waals surface area contributed by atoms with Gasteiger partial charge in [0.25, 0.3) is 0 Å². The van der Waals surface area contributed by atoms with Gasteiger partial charge in [-0.15, -0.1) is 0 Å². The highest BCUT2D eigenvalue weighted by atomic mass is 16.6. The van der Waals surface area contributed by atoms with Gasteiger partial charge in [0.2, 0.25) is 0 Å². The van der Waals surface area contributed by atoms with Gasteiger partial charge < -0.3 is 29.9 Å². The lowest BCUT2D eigenvalue weighted by molar-refractivity contribution is -0.256. The van der Waals surface area contributed by atoms with E-state index < -0.39 is 37.3 Å². The molecule has 1 aliphatic heterocycles. The number of hydrogen-bond donors (Lipinski definition) is 5. The fourth-order valence-corrected chi connectivity index (χ4v) is 1.83. The molecule has 1 fully saturated rings. The van der Waals surface area contributed by atoms with Gasteiger partial charge in [0, 0.05) is 0 Å². The Morgan fingerprint density at radius 2 is 1.79 bits per heavy atom. The van der Waals surface area contributed by atoms with Gasteiger partial charge in [-0.25, -0.2) is 0 Å². The molecule has 7 heteroatoms. The first-order valence-corrected chi connectivity index (χ1v) is 6.38. The zero-order valence-electron chi connectivity index (χ0n) is 11.6. The first-order valence-electron chi connectivity index (χ1n) is 6.38. The number of aliphatic hydroxyl groups excluding tert-OH is 4. The molecule has 1 aliphatic rings. The minimum atomic E-state index is -1.31. The van der Waals surface area contributed by atoms with Crippen LogP contribution in [0, 0.1) is 5.41 Å². The van der Waals surface area contributed by atoms with Crippen molar-refractivity contribution in [3.63, 3.8) is 0 Å². The van der Waals surface area contributed by atoms with Crippen LogP contribution in [0.15, 0.2) is 0 Å². The van der Waals surface area contributed by atoms with Gasteiger partial charge in [0.1, 0.15) is 18.3 Å². The molecule has 0 amide bonds. The molecule has 0 aromatic heterocycles. The zero-order valence-corrected chi connectivity index (χ0v) is 11.6. The number of aliphatic hydroxyl groups is 4. The Hall–Kier alpha value is -0.280. The van der Waals surface area contributed by atoms with Crippen LogP contribution in [0.3, 0.4) is 0 Å². The average molecular weight is 279 g/mol. The minimum absolute atomic E-state index is 0.0173. The van der Waals surface area contributed by atoms with Crippen LogP contribution in [0.25, 0.3) is 0 Å². The second kappa shape index (κ2) is 6.94. The standard InChI is InChI=1S/C12H25NO6/c1-12(2,3)5-18-6-13-8-10(16)9(15)7(4-14)19-11(8)17/h7-11,13-17H,4-6H2,1-3H3/t7?,8-,9+,10?,11+/m1/s1. The van der Waals surface area contributed by atoms with E-state index in [1.54, 1.807) is 0 Å². The Kier molecular flexibility index (Phi) is 6.13. The molecule has 5 N–H and O–H groups in total. The molecule has 5 atom stereocenters. The third-order valence-corrected chi connectivity index (χ3v) is 2.86. The van der Waals surface area contributed by atoms with E-state index in [1.165, 1.54) is 0 Å². The monoisotopic (exact) mass is 279 g/mol. The van der Waals surface area contributed by atoms with Gasteiger partial charge in [-0.2, -0.15) is 0 Å². The van der Waals surface area contributed by atoms with E-state index in [9.17, 15) is 15.3 Å². The highest BCUT2D eigenvalue weighted by Crippen LogP contribution is 2.19. The third kappa shape index (κ3) is 4.96. The summed E-state index contributed by atoms with van der Waals surface area (Å²) in [4.78, 5) is 0. The molecule has 7 nitrogen and oxygen atoms in total. The van der Waals surface area contributed by atoms with Gasteiger partial charge in [-0.05, 0) is 5.41 Å². The largest absolute Gasteiger partial charge is 0.394 e. The van der Waals surface area contributed by atoms with Gasteiger partial charge in [0.15, 0.2) is 6.29 Å². The molecular weight excluding hydrogens is 254 g/mol. The Balaban J connectivity index is 2.40. The maximum absolute atomic E-state index is 9.85. The predicted molar refractivity (Wildman–Crippen MR) is 67.2 cm³/mol. The lowest BCUT2D eigenvalue weighted by Crippen LogP contribution is -2.63. The predicted octanol–water partition coefficient (Wildman–Crippen LogP) is -1.60.